The molecule has 24 heavy (non-hydrogen) atoms. The minimum absolute atomic E-state index is 0.107. The summed E-state index contributed by atoms with van der Waals surface area (Å²) in [5.74, 6) is 0.551. The van der Waals surface area contributed by atoms with Crippen molar-refractivity contribution in [3.05, 3.63) is 52.2 Å². The Bertz CT molecular complexity index is 826. The number of aryl methyl sites for hydroxylation is 2. The van der Waals surface area contributed by atoms with E-state index in [4.69, 9.17) is 9.47 Å². The maximum Gasteiger partial charge on any atom is 0.514 e. The average molecular weight is 328 g/mol. The molecule has 0 bridgehead atoms. The lowest BCUT2D eigenvalue weighted by molar-refractivity contribution is 0.0204. The lowest BCUT2D eigenvalue weighted by Gasteiger charge is -2.18. The molecule has 1 heterocycles. The summed E-state index contributed by atoms with van der Waals surface area (Å²) >= 11 is 0. The minimum Gasteiger partial charge on any atom is -0.428 e. The average Bonchev–Trinajstić information content (AvgIpc) is 2.59. The van der Waals surface area contributed by atoms with Gasteiger partial charge in [-0.2, -0.15) is 0 Å². The summed E-state index contributed by atoms with van der Waals surface area (Å²) in [5, 5.41) is 0. The van der Waals surface area contributed by atoms with E-state index in [1.807, 2.05) is 6.92 Å². The van der Waals surface area contributed by atoms with E-state index in [0.717, 1.165) is 11.3 Å². The molecule has 6 heteroatoms. The molecule has 2 aromatic rings. The molecular formula is C18H20N2O4. The molecule has 6 nitrogen and oxygen atoms in total. The quantitative estimate of drug-likeness (QED) is 0.786. The Hall–Kier alpha value is -2.76. The maximum atomic E-state index is 12.1. The summed E-state index contributed by atoms with van der Waals surface area (Å²) in [6, 6.07) is 6.16. The summed E-state index contributed by atoms with van der Waals surface area (Å²) in [5.41, 5.74) is 1.07. The van der Waals surface area contributed by atoms with Gasteiger partial charge in [0.05, 0.1) is 0 Å². The third-order valence-electron chi connectivity index (χ3n) is 3.05. The van der Waals surface area contributed by atoms with Gasteiger partial charge in [-0.05, 0) is 52.3 Å². The SMILES string of the molecule is Cc1ncc(-c2cccc(=O)c(OC(=O)OC(C)(C)C)c2)c(C)n1. The van der Waals surface area contributed by atoms with Crippen molar-refractivity contribution in [2.75, 3.05) is 0 Å². The van der Waals surface area contributed by atoms with Crippen LogP contribution in [0.4, 0.5) is 4.79 Å². The third kappa shape index (κ3) is 4.62. The van der Waals surface area contributed by atoms with Gasteiger partial charge in [-0.1, -0.05) is 12.1 Å². The first kappa shape index (κ1) is 17.6. The number of carbonyl (C=O) groups excluding carboxylic acids is 1. The predicted molar refractivity (Wildman–Crippen MR) is 90.1 cm³/mol. The Labute approximate surface area is 140 Å². The van der Waals surface area contributed by atoms with Crippen LogP contribution in [-0.2, 0) is 4.74 Å². The summed E-state index contributed by atoms with van der Waals surface area (Å²) in [7, 11) is 0. The van der Waals surface area contributed by atoms with Gasteiger partial charge in [-0.25, -0.2) is 14.8 Å². The highest BCUT2D eigenvalue weighted by atomic mass is 16.7. The summed E-state index contributed by atoms with van der Waals surface area (Å²) in [6.45, 7) is 8.81. The van der Waals surface area contributed by atoms with E-state index in [1.54, 1.807) is 46.0 Å². The van der Waals surface area contributed by atoms with E-state index in [1.165, 1.54) is 12.1 Å². The molecule has 1 aromatic heterocycles. The zero-order valence-corrected chi connectivity index (χ0v) is 14.4. The Morgan fingerprint density at radius 1 is 1.17 bits per heavy atom. The number of rotatable bonds is 2. The first-order chi connectivity index (χ1) is 11.2. The van der Waals surface area contributed by atoms with E-state index < -0.39 is 17.2 Å². The molecule has 0 aliphatic carbocycles. The molecule has 0 aliphatic heterocycles. The van der Waals surface area contributed by atoms with Crippen molar-refractivity contribution >= 4 is 6.16 Å². The van der Waals surface area contributed by atoms with Crippen molar-refractivity contribution in [3.8, 4) is 16.9 Å². The number of hydrogen-bond acceptors (Lipinski definition) is 6. The van der Waals surface area contributed by atoms with Gasteiger partial charge in [0, 0.05) is 17.5 Å². The van der Waals surface area contributed by atoms with Crippen LogP contribution in [0.15, 0.2) is 35.3 Å². The second kappa shape index (κ2) is 6.78. The maximum absolute atomic E-state index is 12.1. The first-order valence-corrected chi connectivity index (χ1v) is 7.51. The lowest BCUT2D eigenvalue weighted by atomic mass is 10.1. The van der Waals surface area contributed by atoms with Crippen LogP contribution >= 0.6 is 0 Å². The molecule has 0 fully saturated rings. The van der Waals surface area contributed by atoms with Crippen LogP contribution in [0.5, 0.6) is 5.75 Å². The van der Waals surface area contributed by atoms with Crippen LogP contribution in [-0.4, -0.2) is 21.7 Å². The van der Waals surface area contributed by atoms with Crippen molar-refractivity contribution in [1.82, 2.24) is 9.97 Å². The highest BCUT2D eigenvalue weighted by molar-refractivity contribution is 5.68. The smallest absolute Gasteiger partial charge is 0.428 e. The zero-order chi connectivity index (χ0) is 17.9. The molecule has 0 saturated heterocycles. The molecule has 0 atom stereocenters. The summed E-state index contributed by atoms with van der Waals surface area (Å²) in [4.78, 5) is 32.4. The van der Waals surface area contributed by atoms with Crippen LogP contribution < -0.4 is 10.2 Å². The number of nitrogens with zero attached hydrogens (tertiary/aromatic N) is 2. The van der Waals surface area contributed by atoms with Gasteiger partial charge < -0.3 is 9.47 Å². The zero-order valence-electron chi connectivity index (χ0n) is 14.4. The van der Waals surface area contributed by atoms with E-state index in [2.05, 4.69) is 9.97 Å². The van der Waals surface area contributed by atoms with Crippen LogP contribution in [0.1, 0.15) is 32.3 Å². The Balaban J connectivity index is 2.42. The lowest BCUT2D eigenvalue weighted by Crippen LogP contribution is -2.26. The molecule has 0 N–H and O–H groups in total. The van der Waals surface area contributed by atoms with Crippen molar-refractivity contribution in [2.45, 2.75) is 40.2 Å². The number of carbonyl (C=O) groups is 1. The fourth-order valence-electron chi connectivity index (χ4n) is 2.06. The molecule has 0 aliphatic rings. The van der Waals surface area contributed by atoms with E-state index >= 15 is 0 Å². The Kier molecular flexibility index (Phi) is 4.97. The molecule has 126 valence electrons. The van der Waals surface area contributed by atoms with Crippen molar-refractivity contribution in [3.63, 3.8) is 0 Å². The van der Waals surface area contributed by atoms with Crippen LogP contribution in [0, 0.1) is 13.8 Å². The van der Waals surface area contributed by atoms with Gasteiger partial charge >= 0.3 is 6.16 Å². The van der Waals surface area contributed by atoms with Crippen LogP contribution in [0.25, 0.3) is 11.1 Å². The van der Waals surface area contributed by atoms with E-state index in [-0.39, 0.29) is 5.75 Å². The normalized spacial score (nSPS) is 11.0. The summed E-state index contributed by atoms with van der Waals surface area (Å²) < 4.78 is 10.2. The predicted octanol–water partition coefficient (Wildman–Crippen LogP) is 3.43. The molecule has 0 unspecified atom stereocenters. The highest BCUT2D eigenvalue weighted by Gasteiger charge is 2.19. The molecular weight excluding hydrogens is 308 g/mol. The van der Waals surface area contributed by atoms with Gasteiger partial charge in [0.2, 0.25) is 5.43 Å². The molecule has 2 rings (SSSR count). The monoisotopic (exact) mass is 328 g/mol. The number of aromatic nitrogens is 2. The second-order valence-electron chi connectivity index (χ2n) is 6.34. The van der Waals surface area contributed by atoms with Crippen molar-refractivity contribution in [1.29, 1.82) is 0 Å². The molecule has 0 amide bonds. The van der Waals surface area contributed by atoms with Crippen molar-refractivity contribution in [2.24, 2.45) is 0 Å². The van der Waals surface area contributed by atoms with Gasteiger partial charge in [-0.15, -0.1) is 0 Å². The van der Waals surface area contributed by atoms with Crippen molar-refractivity contribution < 1.29 is 14.3 Å². The molecule has 0 radical (unpaired) electrons. The number of hydrogen-bond donors (Lipinski definition) is 0. The fourth-order valence-corrected chi connectivity index (χ4v) is 2.06. The van der Waals surface area contributed by atoms with Gasteiger partial charge in [0.25, 0.3) is 0 Å². The Morgan fingerprint density at radius 3 is 2.50 bits per heavy atom. The van der Waals surface area contributed by atoms with Gasteiger partial charge in [-0.3, -0.25) is 4.79 Å². The summed E-state index contributed by atoms with van der Waals surface area (Å²) in [6.07, 6.45) is 0.753. The van der Waals surface area contributed by atoms with Crippen LogP contribution in [0.3, 0.4) is 0 Å². The largest absolute Gasteiger partial charge is 0.514 e. The first-order valence-electron chi connectivity index (χ1n) is 7.51. The Morgan fingerprint density at radius 2 is 1.88 bits per heavy atom. The molecule has 1 aromatic carbocycles. The number of ether oxygens (including phenoxy) is 2. The molecule has 0 spiro atoms. The standard InChI is InChI=1S/C18H20N2O4/c1-11-14(10-19-12(2)20-11)13-7-6-8-15(21)16(9-13)23-17(22)24-18(3,4)5/h6-10H,1-5H3. The van der Waals surface area contributed by atoms with E-state index in [9.17, 15) is 9.59 Å². The molecule has 0 saturated carbocycles. The topological polar surface area (TPSA) is 78.4 Å². The second-order valence-corrected chi connectivity index (χ2v) is 6.34. The highest BCUT2D eigenvalue weighted by Crippen LogP contribution is 2.23. The fraction of sp³-hybridized carbons (Fsp3) is 0.333. The third-order valence-corrected chi connectivity index (χ3v) is 3.05. The minimum atomic E-state index is -0.923. The van der Waals surface area contributed by atoms with Gasteiger partial charge in [0.15, 0.2) is 5.75 Å². The van der Waals surface area contributed by atoms with E-state index in [0.29, 0.717) is 11.4 Å². The van der Waals surface area contributed by atoms with Crippen LogP contribution in [0.2, 0.25) is 0 Å². The van der Waals surface area contributed by atoms with Gasteiger partial charge in [0.1, 0.15) is 11.4 Å².